The van der Waals surface area contributed by atoms with Gasteiger partial charge in [-0.3, -0.25) is 0 Å². The Kier molecular flexibility index (Phi) is 29.1. The van der Waals surface area contributed by atoms with E-state index in [2.05, 4.69) is 182 Å². The molecular formula is C40H40Br4Cl2Mn4O12P2. The van der Waals surface area contributed by atoms with Crippen LogP contribution in [-0.2, 0) is 75.6 Å². The number of alkyl halides is 2. The normalized spacial score (nSPS) is 11.4. The van der Waals surface area contributed by atoms with Crippen molar-refractivity contribution < 1.29 is 92.4 Å². The van der Waals surface area contributed by atoms with Crippen LogP contribution in [0.3, 0.4) is 0 Å². The van der Waals surface area contributed by atoms with Crippen LogP contribution in [0.2, 0.25) is 0 Å². The Balaban J connectivity index is 0.000000452. The SMILES string of the molecule is ClCC[P+](c1ccccc1)(c1ccccc1)c1ccccc1.ClCC[P+](c1ccccc1)(c1ccccc1)c1ccccc1.[O]=[Mn](=[O])([O-])[Br].[O]=[Mn](=[O])([O-])[Br].[O]=[Mn](=[O])([OH])[Br].[O]=[Mn](=[O])([OH])[Br]. The van der Waals surface area contributed by atoms with Gasteiger partial charge in [0.15, 0.2) is 0 Å². The Bertz CT molecular complexity index is 2200. The van der Waals surface area contributed by atoms with Crippen molar-refractivity contribution in [3.63, 3.8) is 0 Å². The molecule has 352 valence electrons. The Labute approximate surface area is 419 Å². The average Bonchev–Trinajstić information content (AvgIpc) is 3.22. The first-order valence-electron chi connectivity index (χ1n) is 17.4. The van der Waals surface area contributed by atoms with E-state index in [1.165, 1.54) is 31.8 Å². The fourth-order valence-corrected chi connectivity index (χ4v) is 15.5. The van der Waals surface area contributed by atoms with Gasteiger partial charge in [0, 0.05) is 0 Å². The van der Waals surface area contributed by atoms with E-state index in [0.717, 1.165) is 12.3 Å². The van der Waals surface area contributed by atoms with Crippen LogP contribution < -0.4 is 40.2 Å². The third-order valence-electron chi connectivity index (χ3n) is 8.02. The van der Waals surface area contributed by atoms with Crippen molar-refractivity contribution in [2.24, 2.45) is 0 Å². The summed E-state index contributed by atoms with van der Waals surface area (Å²) in [5.41, 5.74) is 0. The molecule has 0 spiro atoms. The molecule has 0 saturated heterocycles. The average molecular weight is 1380 g/mol. The van der Waals surface area contributed by atoms with Gasteiger partial charge in [0.25, 0.3) is 0 Å². The summed E-state index contributed by atoms with van der Waals surface area (Å²) in [6.07, 6.45) is 1.96. The van der Waals surface area contributed by atoms with Crippen LogP contribution in [0.1, 0.15) is 0 Å². The Morgan fingerprint density at radius 3 is 0.562 bits per heavy atom. The minimum atomic E-state index is -4.56. The summed E-state index contributed by atoms with van der Waals surface area (Å²) in [5.74, 6) is 1.32. The zero-order valence-corrected chi connectivity index (χ0v) is 47.2. The summed E-state index contributed by atoms with van der Waals surface area (Å²) in [7, 11) is -3.37. The molecule has 0 unspecified atom stereocenters. The van der Waals surface area contributed by atoms with E-state index in [-0.39, 0.29) is 0 Å². The maximum absolute atomic E-state index is 9.16. The van der Waals surface area contributed by atoms with E-state index >= 15 is 0 Å². The van der Waals surface area contributed by atoms with Gasteiger partial charge in [-0.2, -0.15) is 0 Å². The summed E-state index contributed by atoms with van der Waals surface area (Å²) in [4.78, 5) is 0. The zero-order chi connectivity index (χ0) is 48.5. The van der Waals surface area contributed by atoms with E-state index < -0.39 is 59.4 Å². The Morgan fingerprint density at radius 1 is 0.359 bits per heavy atom. The first-order valence-corrected chi connectivity index (χ1v) is 40.0. The van der Waals surface area contributed by atoms with E-state index in [1.54, 1.807) is 0 Å². The molecule has 6 aromatic carbocycles. The minimum absolute atomic E-state index is 0.659. The van der Waals surface area contributed by atoms with Crippen LogP contribution in [0.25, 0.3) is 0 Å². The summed E-state index contributed by atoms with van der Waals surface area (Å²) in [6, 6.07) is 65.0. The van der Waals surface area contributed by atoms with Crippen molar-refractivity contribution in [2.75, 3.05) is 24.1 Å². The number of hydrogen-bond acceptors (Lipinski definition) is 10. The predicted octanol–water partition coefficient (Wildman–Crippen LogP) is 7.37. The second-order valence-electron chi connectivity index (χ2n) is 11.9. The molecule has 0 aliphatic rings. The van der Waals surface area contributed by atoms with E-state index in [1.807, 2.05) is 56.4 Å². The van der Waals surface area contributed by atoms with Gasteiger partial charge in [-0.1, -0.05) is 109 Å². The standard InChI is InChI=1S/2C20H19ClP.4BrH.4Mn.2H2O.10O/c2*21-16-17-22(18-10-4-1-5-11-18,19-12-6-2-7-13-19)20-14-8-3-9-15-20;;;;;;;;;;;;;;;;;;;;/h2*1-15H,16-17H2;4*1H;;;;;2*1H2;;;;;;;;;;/q2*+1;;;;;2*+1;2*+2;;;;;;;;;;;2*-1/p-6. The van der Waals surface area contributed by atoms with Gasteiger partial charge >= 0.3 is 149 Å². The van der Waals surface area contributed by atoms with Crippen LogP contribution in [0, 0.1) is 0 Å². The van der Waals surface area contributed by atoms with E-state index in [4.69, 9.17) is 70.6 Å². The monoisotopic (exact) mass is 1380 g/mol. The third-order valence-corrected chi connectivity index (χ3v) is 17.8. The second-order valence-corrected chi connectivity index (χ2v) is 36.9. The molecule has 24 heteroatoms. The van der Waals surface area contributed by atoms with Crippen LogP contribution in [0.4, 0.5) is 0 Å². The molecule has 0 saturated carbocycles. The number of rotatable bonds is 10. The molecule has 0 heterocycles. The molecule has 2 N–H and O–H groups in total. The quantitative estimate of drug-likeness (QED) is 0.0780. The number of halogens is 6. The molecule has 0 aliphatic heterocycles. The van der Waals surface area contributed by atoms with Crippen LogP contribution >= 0.6 is 94.2 Å². The van der Waals surface area contributed by atoms with Crippen molar-refractivity contribution in [3.05, 3.63) is 182 Å². The maximum atomic E-state index is 9.16. The molecule has 0 atom stereocenters. The van der Waals surface area contributed by atoms with Crippen molar-refractivity contribution in [1.82, 2.24) is 0 Å². The summed E-state index contributed by atoms with van der Waals surface area (Å²) >= 11 is 2.39. The van der Waals surface area contributed by atoms with Gasteiger partial charge in [0.2, 0.25) is 0 Å². The summed E-state index contributed by atoms with van der Waals surface area (Å²) in [5, 5.41) is 8.38. The fraction of sp³-hybridized carbons (Fsp3) is 0.100. The zero-order valence-electron chi connectivity index (χ0n) is 32.8. The number of hydrogen-bond donors (Lipinski definition) is 2. The van der Waals surface area contributed by atoms with Gasteiger partial charge in [0.1, 0.15) is 46.4 Å². The van der Waals surface area contributed by atoms with Gasteiger partial charge in [-0.25, -0.2) is 0 Å². The molecular weight excluding hydrogens is 1340 g/mol. The first-order chi connectivity index (χ1) is 29.8. The third kappa shape index (κ3) is 26.5. The fourth-order valence-electron chi connectivity index (χ4n) is 6.02. The summed E-state index contributed by atoms with van der Waals surface area (Å²) in [6.45, 7) is 0. The Morgan fingerprint density at radius 2 is 0.469 bits per heavy atom. The second kappa shape index (κ2) is 30.5. The topological polar surface area (TPSA) is 223 Å². The molecule has 6 rings (SSSR count). The van der Waals surface area contributed by atoms with Crippen LogP contribution in [0.5, 0.6) is 0 Å². The van der Waals surface area contributed by atoms with Crippen molar-refractivity contribution >= 4 is 126 Å². The van der Waals surface area contributed by atoms with Gasteiger partial charge in [-0.05, 0) is 72.8 Å². The predicted molar refractivity (Wildman–Crippen MR) is 247 cm³/mol. The van der Waals surface area contributed by atoms with Crippen molar-refractivity contribution in [1.29, 1.82) is 0 Å². The van der Waals surface area contributed by atoms with E-state index in [0.29, 0.717) is 11.8 Å². The van der Waals surface area contributed by atoms with Crippen LogP contribution in [-0.4, -0.2) is 32.5 Å². The molecule has 0 radical (unpaired) electrons. The summed E-state index contributed by atoms with van der Waals surface area (Å²) < 4.78 is 106. The molecule has 0 fully saturated rings. The molecule has 0 amide bonds. The van der Waals surface area contributed by atoms with E-state index in [9.17, 15) is 0 Å². The van der Waals surface area contributed by atoms with Gasteiger partial charge in [0.05, 0.1) is 24.1 Å². The molecule has 0 aromatic heterocycles. The molecule has 0 bridgehead atoms. The first kappa shape index (κ1) is 61.0. The van der Waals surface area contributed by atoms with Crippen molar-refractivity contribution in [2.45, 2.75) is 0 Å². The molecule has 6 aromatic rings. The molecule has 64 heavy (non-hydrogen) atoms. The van der Waals surface area contributed by atoms with Crippen molar-refractivity contribution in [3.8, 4) is 0 Å². The Hall–Kier alpha value is -1.00. The van der Waals surface area contributed by atoms with Crippen LogP contribution in [0.15, 0.2) is 182 Å². The number of benzene rings is 6. The molecule has 0 aliphatic carbocycles. The van der Waals surface area contributed by atoms with Gasteiger partial charge in [-0.15, -0.1) is 23.2 Å². The molecule has 12 nitrogen and oxygen atoms in total. The van der Waals surface area contributed by atoms with Gasteiger partial charge < -0.3 is 0 Å².